The van der Waals surface area contributed by atoms with E-state index >= 15 is 0 Å². The number of hydrogen-bond acceptors (Lipinski definition) is 5. The Hall–Kier alpha value is -3.70. The van der Waals surface area contributed by atoms with Gasteiger partial charge >= 0.3 is 6.61 Å². The molecule has 0 spiro atoms. The molecule has 1 N–H and O–H groups in total. The second-order valence-corrected chi connectivity index (χ2v) is 6.34. The molecule has 0 fully saturated rings. The van der Waals surface area contributed by atoms with Gasteiger partial charge in [-0.25, -0.2) is 4.98 Å². The zero-order valence-electron chi connectivity index (χ0n) is 17.3. The molecule has 1 heterocycles. The molecule has 0 saturated heterocycles. The number of carbonyl (C=O) groups is 1. The minimum atomic E-state index is -2.91. The third kappa shape index (κ3) is 7.22. The molecule has 3 rings (SSSR count). The van der Waals surface area contributed by atoms with Crippen molar-refractivity contribution in [3.05, 3.63) is 82.5 Å². The number of hydrogen-bond donors (Lipinski definition) is 1. The second-order valence-electron chi connectivity index (χ2n) is 5.94. The van der Waals surface area contributed by atoms with Gasteiger partial charge < -0.3 is 14.8 Å². The Morgan fingerprint density at radius 1 is 1.12 bits per heavy atom. The van der Waals surface area contributed by atoms with E-state index in [4.69, 9.17) is 21.6 Å². The molecule has 1 aromatic heterocycles. The van der Waals surface area contributed by atoms with E-state index in [1.54, 1.807) is 12.1 Å². The number of ether oxygens (including phenoxy) is 2. The molecule has 3 aromatic rings. The lowest BCUT2D eigenvalue weighted by Gasteiger charge is -2.09. The van der Waals surface area contributed by atoms with Gasteiger partial charge in [-0.15, -0.1) is 0 Å². The molecule has 2 aromatic carbocycles. The third-order valence-corrected chi connectivity index (χ3v) is 4.24. The summed E-state index contributed by atoms with van der Waals surface area (Å²) in [6.45, 7) is 1.26. The first-order chi connectivity index (χ1) is 15.4. The summed E-state index contributed by atoms with van der Waals surface area (Å²) in [4.78, 5) is 16.5. The van der Waals surface area contributed by atoms with Gasteiger partial charge in [-0.05, 0) is 48.0 Å². The predicted molar refractivity (Wildman–Crippen MR) is 116 cm³/mol. The summed E-state index contributed by atoms with van der Waals surface area (Å²) in [6, 6.07) is 15.3. The van der Waals surface area contributed by atoms with Crippen LogP contribution in [0.15, 0.2) is 60.8 Å². The van der Waals surface area contributed by atoms with Crippen molar-refractivity contribution in [1.29, 1.82) is 5.26 Å². The van der Waals surface area contributed by atoms with Crippen molar-refractivity contribution in [1.82, 2.24) is 10.3 Å². The quantitative estimate of drug-likeness (QED) is 0.471. The van der Waals surface area contributed by atoms with Crippen LogP contribution in [0.3, 0.4) is 0 Å². The van der Waals surface area contributed by atoms with Crippen LogP contribution in [0.1, 0.15) is 35.3 Å². The predicted octanol–water partition coefficient (Wildman–Crippen LogP) is 5.96. The smallest absolute Gasteiger partial charge is 0.387 e. The molecule has 0 atom stereocenters. The number of pyridine rings is 1. The van der Waals surface area contributed by atoms with E-state index in [-0.39, 0.29) is 24.1 Å². The second kappa shape index (κ2) is 12.2. The van der Waals surface area contributed by atoms with Crippen molar-refractivity contribution in [2.45, 2.75) is 27.0 Å². The summed E-state index contributed by atoms with van der Waals surface area (Å²) < 4.78 is 34.2. The summed E-state index contributed by atoms with van der Waals surface area (Å²) >= 11 is 6.11. The Morgan fingerprint density at radius 3 is 2.44 bits per heavy atom. The normalized spacial score (nSPS) is 9.91. The van der Waals surface area contributed by atoms with E-state index in [1.807, 2.05) is 19.9 Å². The van der Waals surface area contributed by atoms with Crippen LogP contribution >= 0.6 is 11.6 Å². The fourth-order valence-corrected chi connectivity index (χ4v) is 2.70. The van der Waals surface area contributed by atoms with E-state index in [0.717, 1.165) is 0 Å². The molecule has 1 amide bonds. The number of aromatic nitrogens is 1. The Bertz CT molecular complexity index is 1090. The highest BCUT2D eigenvalue weighted by Crippen LogP contribution is 2.24. The number of nitriles is 1. The minimum absolute atomic E-state index is 0.0000916. The molecule has 9 heteroatoms. The highest BCUT2D eigenvalue weighted by atomic mass is 35.5. The average Bonchev–Trinajstić information content (AvgIpc) is 2.80. The number of benzene rings is 2. The van der Waals surface area contributed by atoms with E-state index in [2.05, 4.69) is 15.0 Å². The van der Waals surface area contributed by atoms with E-state index in [1.165, 1.54) is 48.7 Å². The number of halogens is 3. The summed E-state index contributed by atoms with van der Waals surface area (Å²) in [5.41, 5.74) is 1.41. The maximum Gasteiger partial charge on any atom is 0.387 e. The Morgan fingerprint density at radius 2 is 1.81 bits per heavy atom. The maximum atomic E-state index is 12.4. The lowest BCUT2D eigenvalue weighted by Crippen LogP contribution is -2.23. The van der Waals surface area contributed by atoms with Gasteiger partial charge in [0.1, 0.15) is 11.5 Å². The molecule has 0 unspecified atom stereocenters. The van der Waals surface area contributed by atoms with Gasteiger partial charge in [-0.2, -0.15) is 14.0 Å². The van der Waals surface area contributed by atoms with Crippen LogP contribution in [-0.2, 0) is 6.54 Å². The van der Waals surface area contributed by atoms with Gasteiger partial charge in [-0.1, -0.05) is 31.5 Å². The Kier molecular flexibility index (Phi) is 9.39. The van der Waals surface area contributed by atoms with Crippen LogP contribution in [0.5, 0.6) is 17.4 Å². The average molecular weight is 460 g/mol. The molecule has 0 radical (unpaired) electrons. The third-order valence-electron chi connectivity index (χ3n) is 3.89. The highest BCUT2D eigenvalue weighted by molar-refractivity contribution is 6.31. The molecule has 6 nitrogen and oxygen atoms in total. The fraction of sp³-hybridized carbons (Fsp3) is 0.174. The number of alkyl halides is 2. The monoisotopic (exact) mass is 459 g/mol. The van der Waals surface area contributed by atoms with Crippen LogP contribution < -0.4 is 14.8 Å². The number of amides is 1. The van der Waals surface area contributed by atoms with Crippen LogP contribution in [0.25, 0.3) is 0 Å². The van der Waals surface area contributed by atoms with Crippen LogP contribution in [0, 0.1) is 11.3 Å². The first-order valence-electron chi connectivity index (χ1n) is 9.60. The molecule has 0 aliphatic rings. The summed E-state index contributed by atoms with van der Waals surface area (Å²) in [5, 5.41) is 12.0. The Balaban J connectivity index is 0.00000176. The van der Waals surface area contributed by atoms with Crippen molar-refractivity contribution in [3.8, 4) is 23.4 Å². The Labute approximate surface area is 189 Å². The van der Waals surface area contributed by atoms with E-state index < -0.39 is 6.61 Å². The number of nitrogens with zero attached hydrogens (tertiary/aromatic N) is 2. The van der Waals surface area contributed by atoms with Gasteiger partial charge in [0.05, 0.1) is 11.6 Å². The summed E-state index contributed by atoms with van der Waals surface area (Å²) in [5.74, 6) is 0.121. The van der Waals surface area contributed by atoms with Crippen molar-refractivity contribution in [2.75, 3.05) is 0 Å². The first kappa shape index (κ1) is 24.6. The van der Waals surface area contributed by atoms with Gasteiger partial charge in [0.2, 0.25) is 5.88 Å². The van der Waals surface area contributed by atoms with Gasteiger partial charge in [0, 0.05) is 29.4 Å². The molecule has 0 saturated carbocycles. The molecule has 0 aliphatic heterocycles. The van der Waals surface area contributed by atoms with Crippen LogP contribution in [0.2, 0.25) is 5.02 Å². The maximum absolute atomic E-state index is 12.4. The molecular formula is C23H20ClF2N3O3. The van der Waals surface area contributed by atoms with Gasteiger partial charge in [0.25, 0.3) is 5.91 Å². The zero-order chi connectivity index (χ0) is 23.5. The van der Waals surface area contributed by atoms with Crippen molar-refractivity contribution in [3.63, 3.8) is 0 Å². The van der Waals surface area contributed by atoms with E-state index in [0.29, 0.717) is 27.5 Å². The fourth-order valence-electron chi connectivity index (χ4n) is 2.45. The summed E-state index contributed by atoms with van der Waals surface area (Å²) in [6.07, 6.45) is 1.41. The molecular weight excluding hydrogens is 440 g/mol. The standard InChI is InChI=1S/C21H14ClF2N3O3.C2H6/c22-18-9-13(11-25)1-2-15(18)12-27-20(28)14-7-8-26-19(10-14)29-16-3-5-17(6-4-16)30-21(23)24;1-2/h1-10,21H,12H2,(H,27,28);1-2H3. The molecule has 0 aliphatic carbocycles. The number of nitrogens with one attached hydrogen (secondary N) is 1. The van der Waals surface area contributed by atoms with Crippen LogP contribution in [0.4, 0.5) is 8.78 Å². The summed E-state index contributed by atoms with van der Waals surface area (Å²) in [7, 11) is 0. The minimum Gasteiger partial charge on any atom is -0.439 e. The topological polar surface area (TPSA) is 84.2 Å². The molecule has 166 valence electrons. The van der Waals surface area contributed by atoms with Gasteiger partial charge in [0.15, 0.2) is 0 Å². The molecule has 32 heavy (non-hydrogen) atoms. The largest absolute Gasteiger partial charge is 0.439 e. The SMILES string of the molecule is CC.N#Cc1ccc(CNC(=O)c2ccnc(Oc3ccc(OC(F)F)cc3)c2)c(Cl)c1. The lowest BCUT2D eigenvalue weighted by molar-refractivity contribution is -0.0498. The van der Waals surface area contributed by atoms with Crippen molar-refractivity contribution in [2.24, 2.45) is 0 Å². The first-order valence-corrected chi connectivity index (χ1v) is 9.98. The van der Waals surface area contributed by atoms with Gasteiger partial charge in [-0.3, -0.25) is 4.79 Å². The van der Waals surface area contributed by atoms with Crippen LogP contribution in [-0.4, -0.2) is 17.5 Å². The lowest BCUT2D eigenvalue weighted by atomic mass is 10.1. The number of carbonyl (C=O) groups excluding carboxylic acids is 1. The van der Waals surface area contributed by atoms with Crippen molar-refractivity contribution < 1.29 is 23.0 Å². The van der Waals surface area contributed by atoms with E-state index in [9.17, 15) is 13.6 Å². The molecule has 0 bridgehead atoms. The highest BCUT2D eigenvalue weighted by Gasteiger charge is 2.10. The zero-order valence-corrected chi connectivity index (χ0v) is 18.1. The van der Waals surface area contributed by atoms with Crippen molar-refractivity contribution >= 4 is 17.5 Å². The number of rotatable bonds is 7.